The quantitative estimate of drug-likeness (QED) is 0.381. The summed E-state index contributed by atoms with van der Waals surface area (Å²) < 4.78 is 10.5. The van der Waals surface area contributed by atoms with Crippen molar-refractivity contribution < 1.29 is 19.1 Å². The molecule has 0 bridgehead atoms. The van der Waals surface area contributed by atoms with Crippen molar-refractivity contribution in [3.05, 3.63) is 119 Å². The van der Waals surface area contributed by atoms with Crippen LogP contribution in [0.3, 0.4) is 0 Å². The summed E-state index contributed by atoms with van der Waals surface area (Å²) in [6, 6.07) is 26.4. The van der Waals surface area contributed by atoms with E-state index in [0.29, 0.717) is 24.0 Å². The highest BCUT2D eigenvalue weighted by molar-refractivity contribution is 5.89. The summed E-state index contributed by atoms with van der Waals surface area (Å²) in [6.45, 7) is 3.92. The zero-order chi connectivity index (χ0) is 21.3. The van der Waals surface area contributed by atoms with Crippen LogP contribution in [0.5, 0.6) is 0 Å². The minimum absolute atomic E-state index is 0.373. The van der Waals surface area contributed by atoms with Crippen molar-refractivity contribution in [2.45, 2.75) is 18.9 Å². The fourth-order valence-corrected chi connectivity index (χ4v) is 3.10. The molecule has 0 spiro atoms. The van der Waals surface area contributed by atoms with Crippen LogP contribution < -0.4 is 0 Å². The summed E-state index contributed by atoms with van der Waals surface area (Å²) in [5.41, 5.74) is 3.71. The molecule has 3 aromatic rings. The van der Waals surface area contributed by atoms with Crippen molar-refractivity contribution in [3.63, 3.8) is 0 Å². The molecule has 3 aromatic carbocycles. The number of hydrogen-bond donors (Lipinski definition) is 0. The molecule has 0 saturated carbocycles. The third-order valence-electron chi connectivity index (χ3n) is 4.81. The molecule has 0 aliphatic rings. The lowest BCUT2D eigenvalue weighted by atomic mass is 10.0. The fourth-order valence-electron chi connectivity index (χ4n) is 3.10. The normalized spacial score (nSPS) is 10.5. The van der Waals surface area contributed by atoms with Gasteiger partial charge in [-0.2, -0.15) is 0 Å². The molecule has 0 aromatic heterocycles. The highest BCUT2D eigenvalue weighted by atomic mass is 16.5. The Morgan fingerprint density at radius 3 is 1.87 bits per heavy atom. The van der Waals surface area contributed by atoms with Crippen LogP contribution in [0.2, 0.25) is 0 Å². The SMILES string of the molecule is C=C(CCc1ccc(C(=O)OC)cc1)C(=O)OC(c1ccccc1)c1ccccc1. The lowest BCUT2D eigenvalue weighted by molar-refractivity contribution is -0.143. The van der Waals surface area contributed by atoms with Crippen molar-refractivity contribution in [1.82, 2.24) is 0 Å². The van der Waals surface area contributed by atoms with E-state index in [9.17, 15) is 9.59 Å². The second kappa shape index (κ2) is 10.2. The van der Waals surface area contributed by atoms with Gasteiger partial charge in [0.1, 0.15) is 0 Å². The summed E-state index contributed by atoms with van der Waals surface area (Å²) in [7, 11) is 1.35. The zero-order valence-electron chi connectivity index (χ0n) is 16.9. The van der Waals surface area contributed by atoms with E-state index in [-0.39, 0.29) is 5.97 Å². The molecule has 0 fully saturated rings. The Hall–Kier alpha value is -3.66. The van der Waals surface area contributed by atoms with E-state index in [1.54, 1.807) is 12.1 Å². The van der Waals surface area contributed by atoms with Crippen LogP contribution in [-0.2, 0) is 20.7 Å². The third kappa shape index (κ3) is 5.45. The van der Waals surface area contributed by atoms with Gasteiger partial charge in [-0.1, -0.05) is 79.4 Å². The van der Waals surface area contributed by atoms with Gasteiger partial charge < -0.3 is 9.47 Å². The minimum atomic E-state index is -0.490. The van der Waals surface area contributed by atoms with Crippen molar-refractivity contribution in [2.75, 3.05) is 7.11 Å². The Morgan fingerprint density at radius 2 is 1.37 bits per heavy atom. The fraction of sp³-hybridized carbons (Fsp3) is 0.154. The molecule has 3 rings (SSSR count). The molecule has 0 saturated heterocycles. The van der Waals surface area contributed by atoms with Gasteiger partial charge in [0.25, 0.3) is 0 Å². The summed E-state index contributed by atoms with van der Waals surface area (Å²) in [4.78, 5) is 24.2. The summed E-state index contributed by atoms with van der Waals surface area (Å²) >= 11 is 0. The van der Waals surface area contributed by atoms with E-state index < -0.39 is 12.1 Å². The van der Waals surface area contributed by atoms with Gasteiger partial charge >= 0.3 is 11.9 Å². The molecule has 152 valence electrons. The highest BCUT2D eigenvalue weighted by Gasteiger charge is 2.20. The average molecular weight is 400 g/mol. The molecule has 0 radical (unpaired) electrons. The molecule has 4 nitrogen and oxygen atoms in total. The number of hydrogen-bond acceptors (Lipinski definition) is 4. The Morgan fingerprint density at radius 1 is 0.833 bits per heavy atom. The number of rotatable bonds is 8. The number of carbonyl (C=O) groups excluding carboxylic acids is 2. The largest absolute Gasteiger partial charge is 0.465 e. The molecular formula is C26H24O4. The molecule has 0 atom stereocenters. The maximum absolute atomic E-state index is 12.7. The molecule has 0 N–H and O–H groups in total. The van der Waals surface area contributed by atoms with E-state index >= 15 is 0 Å². The maximum Gasteiger partial charge on any atom is 0.337 e. The number of aryl methyl sites for hydroxylation is 1. The molecule has 4 heteroatoms. The monoisotopic (exact) mass is 400 g/mol. The van der Waals surface area contributed by atoms with Gasteiger partial charge in [-0.05, 0) is 41.7 Å². The summed E-state index contributed by atoms with van der Waals surface area (Å²) in [5, 5.41) is 0. The zero-order valence-corrected chi connectivity index (χ0v) is 16.9. The van der Waals surface area contributed by atoms with Crippen LogP contribution in [0, 0.1) is 0 Å². The first-order valence-electron chi connectivity index (χ1n) is 9.74. The minimum Gasteiger partial charge on any atom is -0.465 e. The first-order chi connectivity index (χ1) is 14.6. The number of ether oxygens (including phenoxy) is 2. The number of methoxy groups -OCH3 is 1. The van der Waals surface area contributed by atoms with Gasteiger partial charge in [-0.3, -0.25) is 0 Å². The first kappa shape index (κ1) is 21.1. The standard InChI is InChI=1S/C26H24O4/c1-19(13-14-20-15-17-23(18-16-20)26(28)29-2)25(27)30-24(21-9-5-3-6-10-21)22-11-7-4-8-12-22/h3-12,15-18,24H,1,13-14H2,2H3. The van der Waals surface area contributed by atoms with Crippen molar-refractivity contribution in [2.24, 2.45) is 0 Å². The van der Waals surface area contributed by atoms with Crippen LogP contribution in [0.4, 0.5) is 0 Å². The molecule has 30 heavy (non-hydrogen) atoms. The number of esters is 2. The van der Waals surface area contributed by atoms with Crippen LogP contribution in [0.25, 0.3) is 0 Å². The average Bonchev–Trinajstić information content (AvgIpc) is 2.81. The van der Waals surface area contributed by atoms with Gasteiger partial charge in [0, 0.05) is 5.57 Å². The van der Waals surface area contributed by atoms with E-state index in [1.807, 2.05) is 72.8 Å². The smallest absolute Gasteiger partial charge is 0.337 e. The lowest BCUT2D eigenvalue weighted by Gasteiger charge is -2.19. The van der Waals surface area contributed by atoms with Crippen molar-refractivity contribution >= 4 is 11.9 Å². The van der Waals surface area contributed by atoms with Crippen molar-refractivity contribution in [1.29, 1.82) is 0 Å². The Balaban J connectivity index is 1.64. The van der Waals surface area contributed by atoms with Crippen molar-refractivity contribution in [3.8, 4) is 0 Å². The second-order valence-electron chi connectivity index (χ2n) is 6.90. The van der Waals surface area contributed by atoms with Crippen LogP contribution in [0.1, 0.15) is 39.6 Å². The molecule has 0 aliphatic carbocycles. The molecule has 0 amide bonds. The lowest BCUT2D eigenvalue weighted by Crippen LogP contribution is -2.14. The highest BCUT2D eigenvalue weighted by Crippen LogP contribution is 2.27. The second-order valence-corrected chi connectivity index (χ2v) is 6.90. The maximum atomic E-state index is 12.7. The Kier molecular flexibility index (Phi) is 7.17. The Labute approximate surface area is 176 Å². The van der Waals surface area contributed by atoms with Gasteiger partial charge in [0.15, 0.2) is 6.10 Å². The van der Waals surface area contributed by atoms with Crippen LogP contribution >= 0.6 is 0 Å². The molecule has 0 aliphatic heterocycles. The topological polar surface area (TPSA) is 52.6 Å². The summed E-state index contributed by atoms with van der Waals surface area (Å²) in [5.74, 6) is -0.790. The molecule has 0 heterocycles. The third-order valence-corrected chi connectivity index (χ3v) is 4.81. The van der Waals surface area contributed by atoms with Crippen LogP contribution in [0.15, 0.2) is 97.1 Å². The Bertz CT molecular complexity index is 953. The number of benzene rings is 3. The van der Waals surface area contributed by atoms with E-state index in [2.05, 4.69) is 6.58 Å². The van der Waals surface area contributed by atoms with E-state index in [1.165, 1.54) is 7.11 Å². The number of carbonyl (C=O) groups is 2. The van der Waals surface area contributed by atoms with Gasteiger partial charge in [0.2, 0.25) is 0 Å². The van der Waals surface area contributed by atoms with Gasteiger partial charge in [0.05, 0.1) is 12.7 Å². The predicted molar refractivity (Wildman–Crippen MR) is 116 cm³/mol. The van der Waals surface area contributed by atoms with E-state index in [4.69, 9.17) is 9.47 Å². The van der Waals surface area contributed by atoms with Gasteiger partial charge in [-0.25, -0.2) is 9.59 Å². The van der Waals surface area contributed by atoms with E-state index in [0.717, 1.165) is 16.7 Å². The van der Waals surface area contributed by atoms with Crippen LogP contribution in [-0.4, -0.2) is 19.0 Å². The summed E-state index contributed by atoms with van der Waals surface area (Å²) in [6.07, 6.45) is 0.597. The van der Waals surface area contributed by atoms with Gasteiger partial charge in [-0.15, -0.1) is 0 Å². The molecular weight excluding hydrogens is 376 g/mol. The first-order valence-corrected chi connectivity index (χ1v) is 9.74. The predicted octanol–water partition coefficient (Wildman–Crippen LogP) is 5.29. The molecule has 0 unspecified atom stereocenters.